The predicted octanol–water partition coefficient (Wildman–Crippen LogP) is 2.11. The number of nitrogens with two attached hydrogens (primary N) is 1. The average molecular weight is 260 g/mol. The van der Waals surface area contributed by atoms with E-state index in [1.807, 2.05) is 12.1 Å². The number of rotatable bonds is 3. The molecular formula is C14H20N4O. The lowest BCUT2D eigenvalue weighted by atomic mass is 9.85. The van der Waals surface area contributed by atoms with Crippen LogP contribution in [0.15, 0.2) is 18.3 Å². The van der Waals surface area contributed by atoms with Crippen molar-refractivity contribution in [1.29, 1.82) is 0 Å². The number of anilines is 2. The largest absolute Gasteiger partial charge is 0.397 e. The van der Waals surface area contributed by atoms with Gasteiger partial charge in [-0.15, -0.1) is 0 Å². The van der Waals surface area contributed by atoms with Crippen LogP contribution in [0.5, 0.6) is 0 Å². The lowest BCUT2D eigenvalue weighted by Gasteiger charge is -2.32. The Bertz CT molecular complexity index is 566. The molecule has 0 radical (unpaired) electrons. The van der Waals surface area contributed by atoms with E-state index in [2.05, 4.69) is 15.5 Å². The zero-order valence-corrected chi connectivity index (χ0v) is 10.9. The molecule has 0 saturated heterocycles. The van der Waals surface area contributed by atoms with Crippen LogP contribution in [0.3, 0.4) is 0 Å². The first-order valence-electron chi connectivity index (χ1n) is 6.88. The second kappa shape index (κ2) is 5.09. The van der Waals surface area contributed by atoms with E-state index >= 15 is 0 Å². The van der Waals surface area contributed by atoms with Crippen LogP contribution in [-0.4, -0.2) is 28.0 Å². The summed E-state index contributed by atoms with van der Waals surface area (Å²) in [4.78, 5) is 0. The van der Waals surface area contributed by atoms with Crippen molar-refractivity contribution in [3.05, 3.63) is 18.3 Å². The van der Waals surface area contributed by atoms with Crippen LogP contribution in [0.25, 0.3) is 10.9 Å². The predicted molar refractivity (Wildman–Crippen MR) is 77.0 cm³/mol. The molecule has 1 heterocycles. The van der Waals surface area contributed by atoms with E-state index in [0.717, 1.165) is 35.1 Å². The van der Waals surface area contributed by atoms with Crippen LogP contribution in [0.4, 0.5) is 11.4 Å². The standard InChI is InChI=1S/C14H20N4O/c15-11-5-10-7-16-18-13(10)6-14(11)17-12-4-2-1-3-9(12)8-19/h5-7,9,12,17,19H,1-4,8,15H2,(H,16,18). The zero-order valence-electron chi connectivity index (χ0n) is 10.9. The van der Waals surface area contributed by atoms with E-state index in [1.165, 1.54) is 12.8 Å². The van der Waals surface area contributed by atoms with Crippen molar-refractivity contribution in [1.82, 2.24) is 10.2 Å². The van der Waals surface area contributed by atoms with Crippen molar-refractivity contribution in [3.8, 4) is 0 Å². The molecule has 0 aliphatic heterocycles. The van der Waals surface area contributed by atoms with Crippen LogP contribution in [-0.2, 0) is 0 Å². The zero-order chi connectivity index (χ0) is 13.2. The molecule has 19 heavy (non-hydrogen) atoms. The molecule has 1 fully saturated rings. The van der Waals surface area contributed by atoms with Crippen molar-refractivity contribution in [2.24, 2.45) is 5.92 Å². The van der Waals surface area contributed by atoms with Gasteiger partial charge in [0.25, 0.3) is 0 Å². The van der Waals surface area contributed by atoms with Crippen molar-refractivity contribution >= 4 is 22.3 Å². The summed E-state index contributed by atoms with van der Waals surface area (Å²) in [6.45, 7) is 0.240. The van der Waals surface area contributed by atoms with E-state index in [-0.39, 0.29) is 6.61 Å². The highest BCUT2D eigenvalue weighted by molar-refractivity contribution is 5.88. The summed E-state index contributed by atoms with van der Waals surface area (Å²) in [5, 5.41) is 20.9. The highest BCUT2D eigenvalue weighted by atomic mass is 16.3. The van der Waals surface area contributed by atoms with Gasteiger partial charge in [-0.2, -0.15) is 5.10 Å². The SMILES string of the molecule is Nc1cc2cn[nH]c2cc1NC1CCCCC1CO. The average Bonchev–Trinajstić information content (AvgIpc) is 2.87. The molecule has 2 unspecified atom stereocenters. The first-order chi connectivity index (χ1) is 9.28. The van der Waals surface area contributed by atoms with Gasteiger partial charge in [-0.1, -0.05) is 12.8 Å². The highest BCUT2D eigenvalue weighted by Crippen LogP contribution is 2.30. The fraction of sp³-hybridized carbons (Fsp3) is 0.500. The molecule has 2 aromatic rings. The lowest BCUT2D eigenvalue weighted by Crippen LogP contribution is -2.34. The fourth-order valence-corrected chi connectivity index (χ4v) is 2.95. The quantitative estimate of drug-likeness (QED) is 0.637. The number of aromatic amines is 1. The summed E-state index contributed by atoms with van der Waals surface area (Å²) >= 11 is 0. The Labute approximate surface area is 112 Å². The summed E-state index contributed by atoms with van der Waals surface area (Å²) in [6.07, 6.45) is 6.36. The molecule has 0 spiro atoms. The fourth-order valence-electron chi connectivity index (χ4n) is 2.95. The van der Waals surface area contributed by atoms with E-state index in [4.69, 9.17) is 5.73 Å². The van der Waals surface area contributed by atoms with Crippen molar-refractivity contribution in [2.75, 3.05) is 17.7 Å². The van der Waals surface area contributed by atoms with Gasteiger partial charge < -0.3 is 16.2 Å². The van der Waals surface area contributed by atoms with Crippen molar-refractivity contribution in [3.63, 3.8) is 0 Å². The summed E-state index contributed by atoms with van der Waals surface area (Å²) in [5.74, 6) is 0.325. The Balaban J connectivity index is 1.85. The van der Waals surface area contributed by atoms with Crippen molar-refractivity contribution in [2.45, 2.75) is 31.7 Å². The van der Waals surface area contributed by atoms with E-state index in [0.29, 0.717) is 12.0 Å². The monoisotopic (exact) mass is 260 g/mol. The number of hydrogen-bond acceptors (Lipinski definition) is 4. The van der Waals surface area contributed by atoms with Crippen molar-refractivity contribution < 1.29 is 5.11 Å². The molecule has 1 saturated carbocycles. The number of aliphatic hydroxyl groups excluding tert-OH is 1. The van der Waals surface area contributed by atoms with E-state index in [9.17, 15) is 5.11 Å². The Morgan fingerprint density at radius 3 is 3.05 bits per heavy atom. The van der Waals surface area contributed by atoms with Crippen LogP contribution in [0.1, 0.15) is 25.7 Å². The Morgan fingerprint density at radius 2 is 2.21 bits per heavy atom. The molecule has 0 bridgehead atoms. The number of fused-ring (bicyclic) bond motifs is 1. The number of nitrogens with one attached hydrogen (secondary N) is 2. The number of H-pyrrole nitrogens is 1. The third-order valence-electron chi connectivity index (χ3n) is 4.09. The normalized spacial score (nSPS) is 23.6. The van der Waals surface area contributed by atoms with Gasteiger partial charge in [0.1, 0.15) is 0 Å². The lowest BCUT2D eigenvalue weighted by molar-refractivity contribution is 0.178. The van der Waals surface area contributed by atoms with Gasteiger partial charge in [0.05, 0.1) is 23.1 Å². The molecule has 1 aromatic heterocycles. The third kappa shape index (κ3) is 2.38. The Hall–Kier alpha value is -1.75. The van der Waals surface area contributed by atoms with Gasteiger partial charge in [0.2, 0.25) is 0 Å². The maximum absolute atomic E-state index is 9.46. The number of nitrogens with zero attached hydrogens (tertiary/aromatic N) is 1. The van der Waals surface area contributed by atoms with Crippen LogP contribution < -0.4 is 11.1 Å². The third-order valence-corrected chi connectivity index (χ3v) is 4.09. The van der Waals surface area contributed by atoms with Gasteiger partial charge in [0, 0.05) is 24.0 Å². The summed E-state index contributed by atoms with van der Waals surface area (Å²) in [5.41, 5.74) is 8.73. The van der Waals surface area contributed by atoms with E-state index < -0.39 is 0 Å². The van der Waals surface area contributed by atoms with Gasteiger partial charge >= 0.3 is 0 Å². The van der Waals surface area contributed by atoms with Crippen LogP contribution >= 0.6 is 0 Å². The second-order valence-electron chi connectivity index (χ2n) is 5.37. The number of benzene rings is 1. The van der Waals surface area contributed by atoms with Gasteiger partial charge in [-0.3, -0.25) is 5.10 Å². The number of nitrogen functional groups attached to an aromatic ring is 1. The number of aromatic nitrogens is 2. The molecule has 5 N–H and O–H groups in total. The number of hydrogen-bond donors (Lipinski definition) is 4. The van der Waals surface area contributed by atoms with Crippen LogP contribution in [0.2, 0.25) is 0 Å². The molecule has 102 valence electrons. The molecule has 1 aliphatic carbocycles. The maximum Gasteiger partial charge on any atom is 0.0672 e. The molecule has 0 amide bonds. The van der Waals surface area contributed by atoms with Gasteiger partial charge in [0.15, 0.2) is 0 Å². The van der Waals surface area contributed by atoms with Crippen LogP contribution in [0, 0.1) is 5.92 Å². The van der Waals surface area contributed by atoms with Gasteiger partial charge in [-0.25, -0.2) is 0 Å². The minimum Gasteiger partial charge on any atom is -0.397 e. The minimum atomic E-state index is 0.240. The summed E-state index contributed by atoms with van der Waals surface area (Å²) in [7, 11) is 0. The highest BCUT2D eigenvalue weighted by Gasteiger charge is 2.24. The van der Waals surface area contributed by atoms with Gasteiger partial charge in [-0.05, 0) is 25.0 Å². The topological polar surface area (TPSA) is 87.0 Å². The molecule has 1 aliphatic rings. The summed E-state index contributed by atoms with van der Waals surface area (Å²) in [6, 6.07) is 4.24. The minimum absolute atomic E-state index is 0.240. The molecule has 5 nitrogen and oxygen atoms in total. The molecule has 1 aromatic carbocycles. The Kier molecular flexibility index (Phi) is 3.29. The Morgan fingerprint density at radius 1 is 1.37 bits per heavy atom. The molecule has 2 atom stereocenters. The maximum atomic E-state index is 9.46. The summed E-state index contributed by atoms with van der Waals surface area (Å²) < 4.78 is 0. The molecular weight excluding hydrogens is 240 g/mol. The first kappa shape index (κ1) is 12.3. The second-order valence-corrected chi connectivity index (χ2v) is 5.37. The molecule has 5 heteroatoms. The first-order valence-corrected chi connectivity index (χ1v) is 6.88. The van der Waals surface area contributed by atoms with E-state index in [1.54, 1.807) is 6.20 Å². The smallest absolute Gasteiger partial charge is 0.0672 e. The number of aliphatic hydroxyl groups is 1. The molecule has 3 rings (SSSR count).